The molecule has 1 heterocycles. The molecule has 0 saturated carbocycles. The molecule has 0 spiro atoms. The van der Waals surface area contributed by atoms with Crippen molar-refractivity contribution in [1.29, 1.82) is 5.26 Å². The summed E-state index contributed by atoms with van der Waals surface area (Å²) in [7, 11) is 0. The second-order valence-corrected chi connectivity index (χ2v) is 4.54. The van der Waals surface area contributed by atoms with E-state index in [9.17, 15) is 0 Å². The van der Waals surface area contributed by atoms with Crippen LogP contribution in [0.5, 0.6) is 0 Å². The molecule has 2 rings (SSSR count). The Morgan fingerprint density at radius 1 is 1.47 bits per heavy atom. The molecule has 0 amide bonds. The molecule has 0 aliphatic carbocycles. The van der Waals surface area contributed by atoms with Gasteiger partial charge in [-0.25, -0.2) is 0 Å². The van der Waals surface area contributed by atoms with Crippen molar-refractivity contribution >= 4 is 22.2 Å². The van der Waals surface area contributed by atoms with E-state index in [1.807, 2.05) is 19.1 Å². The van der Waals surface area contributed by atoms with Gasteiger partial charge in [0.2, 0.25) is 0 Å². The zero-order valence-corrected chi connectivity index (χ0v) is 10.6. The van der Waals surface area contributed by atoms with Gasteiger partial charge in [0.1, 0.15) is 16.6 Å². The van der Waals surface area contributed by atoms with E-state index in [-0.39, 0.29) is 0 Å². The molecule has 2 aromatic rings. The van der Waals surface area contributed by atoms with Crippen molar-refractivity contribution in [2.24, 2.45) is 0 Å². The minimum Gasteiger partial charge on any atom is -0.345 e. The smallest absolute Gasteiger partial charge is 0.132 e. The lowest BCUT2D eigenvalue weighted by atomic mass is 10.1. The summed E-state index contributed by atoms with van der Waals surface area (Å²) in [5.41, 5.74) is 3.70. The summed E-state index contributed by atoms with van der Waals surface area (Å²) in [5.74, 6) is 0. The highest BCUT2D eigenvalue weighted by atomic mass is 32.1. The molecule has 1 aromatic carbocycles. The molecule has 0 radical (unpaired) electrons. The van der Waals surface area contributed by atoms with Gasteiger partial charge in [0, 0.05) is 5.69 Å². The van der Waals surface area contributed by atoms with E-state index >= 15 is 0 Å². The Kier molecular flexibility index (Phi) is 3.40. The summed E-state index contributed by atoms with van der Waals surface area (Å²) in [4.78, 5) is 0. The number of nitrogens with one attached hydrogen (secondary N) is 1. The Balaban J connectivity index is 2.28. The highest BCUT2D eigenvalue weighted by molar-refractivity contribution is 7.10. The van der Waals surface area contributed by atoms with Crippen LogP contribution in [-0.2, 0) is 6.42 Å². The summed E-state index contributed by atoms with van der Waals surface area (Å²) in [6.07, 6.45) is 1.00. The molecule has 0 saturated heterocycles. The standard InChI is InChI=1S/C13H13N3S/c1-3-10-5-4-6-11(7-10)15-13-12(8-14)9(2)16-17-13/h4-7,15H,3H2,1-2H3. The molecule has 86 valence electrons. The number of aryl methyl sites for hydroxylation is 2. The Morgan fingerprint density at radius 3 is 3.00 bits per heavy atom. The van der Waals surface area contributed by atoms with E-state index in [4.69, 9.17) is 5.26 Å². The van der Waals surface area contributed by atoms with Gasteiger partial charge in [-0.15, -0.1) is 0 Å². The summed E-state index contributed by atoms with van der Waals surface area (Å²) in [6.45, 7) is 3.97. The van der Waals surface area contributed by atoms with Crippen molar-refractivity contribution in [3.05, 3.63) is 41.1 Å². The first-order valence-corrected chi connectivity index (χ1v) is 6.24. The van der Waals surface area contributed by atoms with Crippen LogP contribution < -0.4 is 5.32 Å². The molecule has 4 heteroatoms. The largest absolute Gasteiger partial charge is 0.345 e. The molecule has 0 unspecified atom stereocenters. The number of benzene rings is 1. The highest BCUT2D eigenvalue weighted by Gasteiger charge is 2.09. The van der Waals surface area contributed by atoms with Gasteiger partial charge in [-0.1, -0.05) is 19.1 Å². The number of nitrogens with zero attached hydrogens (tertiary/aromatic N) is 2. The van der Waals surface area contributed by atoms with Crippen LogP contribution in [0.15, 0.2) is 24.3 Å². The zero-order valence-electron chi connectivity index (χ0n) is 9.82. The first-order valence-electron chi connectivity index (χ1n) is 5.47. The molecule has 0 fully saturated rings. The topological polar surface area (TPSA) is 48.7 Å². The molecule has 1 N–H and O–H groups in total. The second-order valence-electron chi connectivity index (χ2n) is 3.76. The Labute approximate surface area is 105 Å². The first-order chi connectivity index (χ1) is 8.24. The fourth-order valence-corrected chi connectivity index (χ4v) is 2.35. The van der Waals surface area contributed by atoms with E-state index in [0.29, 0.717) is 5.56 Å². The maximum Gasteiger partial charge on any atom is 0.132 e. The van der Waals surface area contributed by atoms with Gasteiger partial charge in [0.25, 0.3) is 0 Å². The van der Waals surface area contributed by atoms with Crippen molar-refractivity contribution in [3.63, 3.8) is 0 Å². The van der Waals surface area contributed by atoms with Crippen LogP contribution in [-0.4, -0.2) is 4.37 Å². The predicted molar refractivity (Wildman–Crippen MR) is 70.7 cm³/mol. The van der Waals surface area contributed by atoms with Gasteiger partial charge in [0.05, 0.1) is 5.69 Å². The predicted octanol–water partition coefficient (Wildman–Crippen LogP) is 3.63. The van der Waals surface area contributed by atoms with E-state index in [1.54, 1.807) is 0 Å². The van der Waals surface area contributed by atoms with E-state index in [1.165, 1.54) is 17.1 Å². The molecule has 0 atom stereocenters. The number of hydrogen-bond acceptors (Lipinski definition) is 4. The molecule has 0 bridgehead atoms. The van der Waals surface area contributed by atoms with Gasteiger partial charge < -0.3 is 5.32 Å². The maximum atomic E-state index is 9.04. The number of anilines is 2. The lowest BCUT2D eigenvalue weighted by Crippen LogP contribution is -1.91. The normalized spacial score (nSPS) is 9.94. The monoisotopic (exact) mass is 243 g/mol. The fraction of sp³-hybridized carbons (Fsp3) is 0.231. The third-order valence-corrected chi connectivity index (χ3v) is 3.42. The van der Waals surface area contributed by atoms with Crippen molar-refractivity contribution < 1.29 is 0 Å². The minimum atomic E-state index is 0.636. The molecule has 0 aliphatic heterocycles. The van der Waals surface area contributed by atoms with Crippen molar-refractivity contribution in [2.75, 3.05) is 5.32 Å². The molecule has 3 nitrogen and oxygen atoms in total. The van der Waals surface area contributed by atoms with E-state index in [2.05, 4.69) is 34.8 Å². The quantitative estimate of drug-likeness (QED) is 0.895. The minimum absolute atomic E-state index is 0.636. The number of rotatable bonds is 3. The highest BCUT2D eigenvalue weighted by Crippen LogP contribution is 2.27. The molecular weight excluding hydrogens is 230 g/mol. The van der Waals surface area contributed by atoms with Crippen molar-refractivity contribution in [3.8, 4) is 6.07 Å². The summed E-state index contributed by atoms with van der Waals surface area (Å²) < 4.78 is 4.18. The third-order valence-electron chi connectivity index (χ3n) is 2.57. The molecule has 1 aromatic heterocycles. The van der Waals surface area contributed by atoms with Crippen molar-refractivity contribution in [2.45, 2.75) is 20.3 Å². The third kappa shape index (κ3) is 2.45. The lowest BCUT2D eigenvalue weighted by Gasteiger charge is -2.05. The second kappa shape index (κ2) is 4.98. The summed E-state index contributed by atoms with van der Waals surface area (Å²) >= 11 is 1.33. The lowest BCUT2D eigenvalue weighted by molar-refractivity contribution is 1.14. The molecule has 17 heavy (non-hydrogen) atoms. The van der Waals surface area contributed by atoms with Crippen molar-refractivity contribution in [1.82, 2.24) is 4.37 Å². The van der Waals surface area contributed by atoms with Crippen LogP contribution in [0, 0.1) is 18.3 Å². The van der Waals surface area contributed by atoms with E-state index < -0.39 is 0 Å². The maximum absolute atomic E-state index is 9.04. The Bertz CT molecular complexity index is 566. The van der Waals surface area contributed by atoms with Gasteiger partial charge >= 0.3 is 0 Å². The summed E-state index contributed by atoms with van der Waals surface area (Å²) in [5, 5.41) is 13.1. The zero-order chi connectivity index (χ0) is 12.3. The number of hydrogen-bond donors (Lipinski definition) is 1. The SMILES string of the molecule is CCc1cccc(Nc2snc(C)c2C#N)c1. The van der Waals surface area contributed by atoms with Gasteiger partial charge in [-0.3, -0.25) is 0 Å². The average Bonchev–Trinajstić information content (AvgIpc) is 2.70. The number of aromatic nitrogens is 1. The van der Waals surface area contributed by atoms with Gasteiger partial charge in [-0.2, -0.15) is 9.64 Å². The van der Waals surface area contributed by atoms with Crippen LogP contribution >= 0.6 is 11.5 Å². The van der Waals surface area contributed by atoms with Crippen LogP contribution in [0.25, 0.3) is 0 Å². The Morgan fingerprint density at radius 2 is 2.29 bits per heavy atom. The molecular formula is C13H13N3S. The molecule has 0 aliphatic rings. The van der Waals surface area contributed by atoms with Gasteiger partial charge in [-0.05, 0) is 42.6 Å². The average molecular weight is 243 g/mol. The van der Waals surface area contributed by atoms with Crippen LogP contribution in [0.3, 0.4) is 0 Å². The van der Waals surface area contributed by atoms with Crippen LogP contribution in [0.1, 0.15) is 23.7 Å². The first kappa shape index (κ1) is 11.6. The number of nitriles is 1. The van der Waals surface area contributed by atoms with Crippen LogP contribution in [0.4, 0.5) is 10.7 Å². The van der Waals surface area contributed by atoms with E-state index in [0.717, 1.165) is 22.8 Å². The fourth-order valence-electron chi connectivity index (χ4n) is 1.59. The summed E-state index contributed by atoms with van der Waals surface area (Å²) in [6, 6.07) is 10.4. The Hall–Kier alpha value is -1.86. The van der Waals surface area contributed by atoms with Crippen LogP contribution in [0.2, 0.25) is 0 Å². The van der Waals surface area contributed by atoms with Gasteiger partial charge in [0.15, 0.2) is 0 Å².